The number of oxime groups is 1. The molecular formula is C18H16N2OS. The van der Waals surface area contributed by atoms with Gasteiger partial charge in [0.05, 0.1) is 16.8 Å². The van der Waals surface area contributed by atoms with Crippen LogP contribution in [-0.4, -0.2) is 17.8 Å². The third-order valence-electron chi connectivity index (χ3n) is 3.18. The van der Waals surface area contributed by atoms with Crippen molar-refractivity contribution in [3.05, 3.63) is 77.3 Å². The van der Waals surface area contributed by atoms with E-state index in [0.717, 1.165) is 22.6 Å². The Morgan fingerprint density at radius 1 is 1.05 bits per heavy atom. The molecule has 0 atom stereocenters. The van der Waals surface area contributed by atoms with Crippen LogP contribution in [0.4, 0.5) is 0 Å². The van der Waals surface area contributed by atoms with Crippen LogP contribution in [0.25, 0.3) is 10.6 Å². The van der Waals surface area contributed by atoms with Crippen LogP contribution in [0.15, 0.2) is 71.3 Å². The van der Waals surface area contributed by atoms with E-state index in [0.29, 0.717) is 6.61 Å². The van der Waals surface area contributed by atoms with Crippen molar-refractivity contribution in [2.24, 2.45) is 5.16 Å². The fraction of sp³-hybridized carbons (Fsp3) is 0.111. The predicted molar refractivity (Wildman–Crippen MR) is 91.2 cm³/mol. The van der Waals surface area contributed by atoms with Crippen molar-refractivity contribution in [2.75, 3.05) is 6.61 Å². The lowest BCUT2D eigenvalue weighted by Crippen LogP contribution is -1.95. The van der Waals surface area contributed by atoms with Gasteiger partial charge in [0, 0.05) is 18.2 Å². The number of pyridine rings is 1. The lowest BCUT2D eigenvalue weighted by molar-refractivity contribution is 0.149. The summed E-state index contributed by atoms with van der Waals surface area (Å²) in [5.74, 6) is 0. The van der Waals surface area contributed by atoms with Crippen LogP contribution in [0, 0.1) is 0 Å². The molecule has 3 aromatic rings. The van der Waals surface area contributed by atoms with Crippen molar-refractivity contribution < 1.29 is 4.84 Å². The van der Waals surface area contributed by atoms with Crippen LogP contribution in [-0.2, 0) is 11.3 Å². The van der Waals surface area contributed by atoms with Crippen molar-refractivity contribution in [2.45, 2.75) is 6.42 Å². The SMILES string of the molecule is C(=NOCCc1ccccc1)c1cccnc1-c1cccs1. The molecule has 0 aliphatic rings. The second kappa shape index (κ2) is 7.52. The van der Waals surface area contributed by atoms with Crippen LogP contribution < -0.4 is 0 Å². The summed E-state index contributed by atoms with van der Waals surface area (Å²) in [5.41, 5.74) is 3.15. The summed E-state index contributed by atoms with van der Waals surface area (Å²) in [5, 5.41) is 6.11. The third kappa shape index (κ3) is 3.80. The minimum atomic E-state index is 0.565. The van der Waals surface area contributed by atoms with E-state index in [1.807, 2.05) is 41.8 Å². The Morgan fingerprint density at radius 2 is 1.95 bits per heavy atom. The van der Waals surface area contributed by atoms with Crippen molar-refractivity contribution in [3.8, 4) is 10.6 Å². The molecule has 4 heteroatoms. The smallest absolute Gasteiger partial charge is 0.121 e. The molecule has 2 heterocycles. The van der Waals surface area contributed by atoms with Gasteiger partial charge in [-0.3, -0.25) is 4.98 Å². The van der Waals surface area contributed by atoms with Gasteiger partial charge in [0.15, 0.2) is 0 Å². The van der Waals surface area contributed by atoms with Gasteiger partial charge in [0.1, 0.15) is 6.61 Å². The number of benzene rings is 1. The van der Waals surface area contributed by atoms with Crippen molar-refractivity contribution in [1.29, 1.82) is 0 Å². The highest BCUT2D eigenvalue weighted by Gasteiger charge is 2.05. The van der Waals surface area contributed by atoms with E-state index in [4.69, 9.17) is 4.84 Å². The van der Waals surface area contributed by atoms with E-state index in [1.165, 1.54) is 5.56 Å². The molecule has 0 fully saturated rings. The number of aromatic nitrogens is 1. The van der Waals surface area contributed by atoms with Gasteiger partial charge in [-0.15, -0.1) is 11.3 Å². The Labute approximate surface area is 133 Å². The van der Waals surface area contributed by atoms with E-state index in [9.17, 15) is 0 Å². The molecule has 1 aromatic carbocycles. The van der Waals surface area contributed by atoms with E-state index >= 15 is 0 Å². The van der Waals surface area contributed by atoms with E-state index in [1.54, 1.807) is 23.7 Å². The standard InChI is InChI=1S/C18H16N2OS/c1-2-6-15(7-3-1)10-12-21-20-14-16-8-4-11-19-18(16)17-9-5-13-22-17/h1-9,11,13-14H,10,12H2. The molecule has 3 nitrogen and oxygen atoms in total. The predicted octanol–water partition coefficient (Wildman–Crippen LogP) is 4.40. The molecule has 0 N–H and O–H groups in total. The van der Waals surface area contributed by atoms with Gasteiger partial charge in [-0.25, -0.2) is 0 Å². The highest BCUT2D eigenvalue weighted by molar-refractivity contribution is 7.13. The minimum absolute atomic E-state index is 0.565. The number of hydrogen-bond donors (Lipinski definition) is 0. The van der Waals surface area contributed by atoms with Gasteiger partial charge >= 0.3 is 0 Å². The Bertz CT molecular complexity index is 724. The molecule has 22 heavy (non-hydrogen) atoms. The molecule has 0 saturated heterocycles. The molecule has 0 spiro atoms. The first-order chi connectivity index (χ1) is 10.9. The minimum Gasteiger partial charge on any atom is -0.395 e. The first-order valence-corrected chi connectivity index (χ1v) is 7.99. The Morgan fingerprint density at radius 3 is 2.77 bits per heavy atom. The summed E-state index contributed by atoms with van der Waals surface area (Å²) >= 11 is 1.67. The van der Waals surface area contributed by atoms with Crippen molar-refractivity contribution >= 4 is 17.6 Å². The fourth-order valence-corrected chi connectivity index (χ4v) is 2.84. The number of nitrogens with zero attached hydrogens (tertiary/aromatic N) is 2. The first-order valence-electron chi connectivity index (χ1n) is 7.11. The average molecular weight is 308 g/mol. The summed E-state index contributed by atoms with van der Waals surface area (Å²) < 4.78 is 0. The maximum absolute atomic E-state index is 5.36. The van der Waals surface area contributed by atoms with E-state index in [-0.39, 0.29) is 0 Å². The largest absolute Gasteiger partial charge is 0.395 e. The number of rotatable bonds is 6. The normalized spacial score (nSPS) is 10.9. The molecule has 0 bridgehead atoms. The van der Waals surface area contributed by atoms with Crippen molar-refractivity contribution in [3.63, 3.8) is 0 Å². The summed E-state index contributed by atoms with van der Waals surface area (Å²) in [6.45, 7) is 0.565. The van der Waals surface area contributed by atoms with Crippen LogP contribution in [0.2, 0.25) is 0 Å². The maximum Gasteiger partial charge on any atom is 0.121 e. The Kier molecular flexibility index (Phi) is 4.95. The third-order valence-corrected chi connectivity index (χ3v) is 4.06. The molecule has 0 aliphatic heterocycles. The lowest BCUT2D eigenvalue weighted by Gasteiger charge is -2.02. The molecule has 2 aromatic heterocycles. The molecule has 0 saturated carbocycles. The molecule has 0 unspecified atom stereocenters. The van der Waals surface area contributed by atoms with Gasteiger partial charge in [0.2, 0.25) is 0 Å². The molecular weight excluding hydrogens is 292 g/mol. The molecule has 0 aliphatic carbocycles. The van der Waals surface area contributed by atoms with Gasteiger partial charge in [-0.1, -0.05) is 41.6 Å². The zero-order chi connectivity index (χ0) is 15.0. The van der Waals surface area contributed by atoms with Crippen LogP contribution in [0.3, 0.4) is 0 Å². The second-order valence-electron chi connectivity index (χ2n) is 4.72. The van der Waals surface area contributed by atoms with Crippen LogP contribution in [0.5, 0.6) is 0 Å². The quantitative estimate of drug-likeness (QED) is 0.384. The molecule has 110 valence electrons. The monoisotopic (exact) mass is 308 g/mol. The van der Waals surface area contributed by atoms with E-state index in [2.05, 4.69) is 28.3 Å². The number of thiophene rings is 1. The van der Waals surface area contributed by atoms with Crippen LogP contribution >= 0.6 is 11.3 Å². The first kappa shape index (κ1) is 14.5. The fourth-order valence-electron chi connectivity index (χ4n) is 2.10. The molecule has 3 rings (SSSR count). The summed E-state index contributed by atoms with van der Waals surface area (Å²) in [4.78, 5) is 10.9. The average Bonchev–Trinajstić information content (AvgIpc) is 3.10. The topological polar surface area (TPSA) is 34.5 Å². The zero-order valence-corrected chi connectivity index (χ0v) is 12.9. The maximum atomic E-state index is 5.36. The summed E-state index contributed by atoms with van der Waals surface area (Å²) in [6, 6.07) is 18.2. The van der Waals surface area contributed by atoms with Gasteiger partial charge < -0.3 is 4.84 Å². The summed E-state index contributed by atoms with van der Waals surface area (Å²) in [6.07, 6.45) is 4.37. The van der Waals surface area contributed by atoms with Crippen molar-refractivity contribution in [1.82, 2.24) is 4.98 Å². The Hall–Kier alpha value is -2.46. The van der Waals surface area contributed by atoms with Crippen LogP contribution in [0.1, 0.15) is 11.1 Å². The Balaban J connectivity index is 1.59. The number of hydrogen-bond acceptors (Lipinski definition) is 4. The van der Waals surface area contributed by atoms with Gasteiger partial charge in [0.25, 0.3) is 0 Å². The lowest BCUT2D eigenvalue weighted by atomic mass is 10.2. The highest BCUT2D eigenvalue weighted by atomic mass is 32.1. The highest BCUT2D eigenvalue weighted by Crippen LogP contribution is 2.24. The summed E-state index contributed by atoms with van der Waals surface area (Å²) in [7, 11) is 0. The molecule has 0 radical (unpaired) electrons. The van der Waals surface area contributed by atoms with E-state index < -0.39 is 0 Å². The van der Waals surface area contributed by atoms with Gasteiger partial charge in [-0.2, -0.15) is 0 Å². The zero-order valence-electron chi connectivity index (χ0n) is 12.1. The molecule has 0 amide bonds. The second-order valence-corrected chi connectivity index (χ2v) is 5.67. The van der Waals surface area contributed by atoms with Gasteiger partial charge in [-0.05, 0) is 29.1 Å².